The smallest absolute Gasteiger partial charge is 0.330 e. The van der Waals surface area contributed by atoms with Crippen molar-refractivity contribution in [1.29, 1.82) is 5.26 Å². The molecule has 2 aromatic rings. The van der Waals surface area contributed by atoms with Gasteiger partial charge < -0.3 is 4.74 Å². The van der Waals surface area contributed by atoms with Crippen molar-refractivity contribution in [2.45, 2.75) is 19.8 Å². The van der Waals surface area contributed by atoms with Gasteiger partial charge >= 0.3 is 5.97 Å². The molecule has 0 aliphatic heterocycles. The predicted molar refractivity (Wildman–Crippen MR) is 91.5 cm³/mol. The summed E-state index contributed by atoms with van der Waals surface area (Å²) in [7, 11) is 0. The molecule has 0 bridgehead atoms. The van der Waals surface area contributed by atoms with E-state index in [2.05, 4.69) is 6.07 Å². The zero-order valence-electron chi connectivity index (χ0n) is 13.2. The van der Waals surface area contributed by atoms with Gasteiger partial charge in [-0.2, -0.15) is 5.26 Å². The van der Waals surface area contributed by atoms with Crippen LogP contribution in [0.25, 0.3) is 17.2 Å². The maximum atomic E-state index is 11.7. The molecule has 116 valence electrons. The van der Waals surface area contributed by atoms with Crippen molar-refractivity contribution in [1.82, 2.24) is 0 Å². The SMILES string of the molecule is CCCCOC(=O)/C=C/c1ccccc1-c1ccccc1C#N. The van der Waals surface area contributed by atoms with Crippen LogP contribution >= 0.6 is 0 Å². The number of hydrogen-bond donors (Lipinski definition) is 0. The maximum absolute atomic E-state index is 11.7. The number of carbonyl (C=O) groups excluding carboxylic acids is 1. The highest BCUT2D eigenvalue weighted by atomic mass is 16.5. The monoisotopic (exact) mass is 305 g/mol. The molecule has 0 fully saturated rings. The normalized spacial score (nSPS) is 10.4. The fourth-order valence-electron chi connectivity index (χ4n) is 2.23. The van der Waals surface area contributed by atoms with Gasteiger partial charge in [-0.05, 0) is 29.7 Å². The number of ether oxygens (including phenoxy) is 1. The van der Waals surface area contributed by atoms with Crippen LogP contribution in [0.3, 0.4) is 0 Å². The molecule has 0 heterocycles. The Bertz CT molecular complexity index is 741. The standard InChI is InChI=1S/C20H19NO2/c1-2-3-14-23-20(22)13-12-16-8-4-6-10-18(16)19-11-7-5-9-17(19)15-21/h4-13H,2-3,14H2,1H3/b13-12+. The van der Waals surface area contributed by atoms with E-state index in [1.165, 1.54) is 6.08 Å². The van der Waals surface area contributed by atoms with E-state index in [9.17, 15) is 10.1 Å². The highest BCUT2D eigenvalue weighted by molar-refractivity contribution is 5.89. The van der Waals surface area contributed by atoms with Crippen LogP contribution in [0.15, 0.2) is 54.6 Å². The molecule has 0 saturated carbocycles. The van der Waals surface area contributed by atoms with E-state index >= 15 is 0 Å². The number of nitrogens with zero attached hydrogens (tertiary/aromatic N) is 1. The van der Waals surface area contributed by atoms with E-state index in [-0.39, 0.29) is 5.97 Å². The van der Waals surface area contributed by atoms with Crippen molar-refractivity contribution < 1.29 is 9.53 Å². The van der Waals surface area contributed by atoms with E-state index in [1.54, 1.807) is 12.1 Å². The number of hydrogen-bond acceptors (Lipinski definition) is 3. The quantitative estimate of drug-likeness (QED) is 0.446. The topological polar surface area (TPSA) is 50.1 Å². The fraction of sp³-hybridized carbons (Fsp3) is 0.200. The summed E-state index contributed by atoms with van der Waals surface area (Å²) >= 11 is 0. The zero-order chi connectivity index (χ0) is 16.5. The number of benzene rings is 2. The van der Waals surface area contributed by atoms with Crippen molar-refractivity contribution in [2.24, 2.45) is 0 Å². The highest BCUT2D eigenvalue weighted by Crippen LogP contribution is 2.27. The number of rotatable bonds is 6. The second-order valence-electron chi connectivity index (χ2n) is 5.10. The fourth-order valence-corrected chi connectivity index (χ4v) is 2.23. The van der Waals surface area contributed by atoms with Gasteiger partial charge in [-0.25, -0.2) is 4.79 Å². The van der Waals surface area contributed by atoms with Gasteiger partial charge in [-0.15, -0.1) is 0 Å². The Morgan fingerprint density at radius 2 is 1.83 bits per heavy atom. The lowest BCUT2D eigenvalue weighted by Crippen LogP contribution is -2.01. The second-order valence-corrected chi connectivity index (χ2v) is 5.10. The average molecular weight is 305 g/mol. The molecule has 0 radical (unpaired) electrons. The summed E-state index contributed by atoms with van der Waals surface area (Å²) in [6.45, 7) is 2.49. The summed E-state index contributed by atoms with van der Waals surface area (Å²) in [4.78, 5) is 11.7. The highest BCUT2D eigenvalue weighted by Gasteiger charge is 2.07. The van der Waals surface area contributed by atoms with Crippen LogP contribution < -0.4 is 0 Å². The summed E-state index contributed by atoms with van der Waals surface area (Å²) in [5.74, 6) is -0.346. The second kappa shape index (κ2) is 8.55. The molecule has 0 unspecified atom stereocenters. The van der Waals surface area contributed by atoms with Crippen molar-refractivity contribution in [2.75, 3.05) is 6.61 Å². The van der Waals surface area contributed by atoms with Crippen molar-refractivity contribution in [3.8, 4) is 17.2 Å². The lowest BCUT2D eigenvalue weighted by atomic mass is 9.96. The first kappa shape index (κ1) is 16.5. The van der Waals surface area contributed by atoms with Gasteiger partial charge in [0.1, 0.15) is 0 Å². The summed E-state index contributed by atoms with van der Waals surface area (Å²) in [6, 6.07) is 17.3. The third kappa shape index (κ3) is 4.55. The van der Waals surface area contributed by atoms with Gasteiger partial charge in [0.15, 0.2) is 0 Å². The van der Waals surface area contributed by atoms with Crippen LogP contribution in [-0.2, 0) is 9.53 Å². The lowest BCUT2D eigenvalue weighted by Gasteiger charge is -2.08. The van der Waals surface area contributed by atoms with Crippen LogP contribution in [-0.4, -0.2) is 12.6 Å². The minimum Gasteiger partial charge on any atom is -0.463 e. The number of unbranched alkanes of at least 4 members (excludes halogenated alkanes) is 1. The molecule has 0 N–H and O–H groups in total. The Kier molecular flexibility index (Phi) is 6.14. The van der Waals surface area contributed by atoms with Crippen LogP contribution in [0.5, 0.6) is 0 Å². The molecule has 2 rings (SSSR count). The molecule has 0 saturated heterocycles. The Morgan fingerprint density at radius 3 is 2.57 bits per heavy atom. The lowest BCUT2D eigenvalue weighted by molar-refractivity contribution is -0.137. The van der Waals surface area contributed by atoms with Crippen molar-refractivity contribution in [3.05, 3.63) is 65.7 Å². The van der Waals surface area contributed by atoms with Gasteiger partial charge in [0.2, 0.25) is 0 Å². The average Bonchev–Trinajstić information content (AvgIpc) is 2.60. The van der Waals surface area contributed by atoms with E-state index in [4.69, 9.17) is 4.74 Å². The number of nitriles is 1. The third-order valence-electron chi connectivity index (χ3n) is 3.44. The summed E-state index contributed by atoms with van der Waals surface area (Å²) in [6.07, 6.45) is 5.03. The Labute approximate surface area is 136 Å². The molecule has 3 nitrogen and oxygen atoms in total. The van der Waals surface area contributed by atoms with Gasteiger partial charge in [-0.3, -0.25) is 0 Å². The molecule has 0 spiro atoms. The minimum atomic E-state index is -0.346. The molecular formula is C20H19NO2. The van der Waals surface area contributed by atoms with Crippen molar-refractivity contribution in [3.63, 3.8) is 0 Å². The van der Waals surface area contributed by atoms with Gasteiger partial charge in [0, 0.05) is 11.6 Å². The Morgan fingerprint density at radius 1 is 1.13 bits per heavy atom. The first-order chi connectivity index (χ1) is 11.3. The molecular weight excluding hydrogens is 286 g/mol. The minimum absolute atomic E-state index is 0.346. The molecule has 3 heteroatoms. The van der Waals surface area contributed by atoms with Crippen LogP contribution in [0, 0.1) is 11.3 Å². The molecule has 0 aromatic heterocycles. The molecule has 0 aliphatic rings. The summed E-state index contributed by atoms with van der Waals surface area (Å²) in [5, 5.41) is 9.27. The van der Waals surface area contributed by atoms with Crippen LogP contribution in [0.1, 0.15) is 30.9 Å². The maximum Gasteiger partial charge on any atom is 0.330 e. The van der Waals surface area contributed by atoms with Crippen LogP contribution in [0.2, 0.25) is 0 Å². The van der Waals surface area contributed by atoms with E-state index in [0.29, 0.717) is 12.2 Å². The molecule has 2 aromatic carbocycles. The van der Waals surface area contributed by atoms with Crippen molar-refractivity contribution >= 4 is 12.0 Å². The predicted octanol–water partition coefficient (Wildman–Crippen LogP) is 4.58. The zero-order valence-corrected chi connectivity index (χ0v) is 13.2. The van der Waals surface area contributed by atoms with Gasteiger partial charge in [0.05, 0.1) is 18.2 Å². The Balaban J connectivity index is 2.25. The molecule has 0 amide bonds. The summed E-state index contributed by atoms with van der Waals surface area (Å²) < 4.78 is 5.12. The van der Waals surface area contributed by atoms with Crippen LogP contribution in [0.4, 0.5) is 0 Å². The summed E-state index contributed by atoms with van der Waals surface area (Å²) in [5.41, 5.74) is 3.26. The largest absolute Gasteiger partial charge is 0.463 e. The first-order valence-electron chi connectivity index (χ1n) is 7.69. The molecule has 23 heavy (non-hydrogen) atoms. The molecule has 0 aliphatic carbocycles. The van der Waals surface area contributed by atoms with E-state index in [1.807, 2.05) is 49.4 Å². The van der Waals surface area contributed by atoms with E-state index in [0.717, 1.165) is 29.5 Å². The first-order valence-corrected chi connectivity index (χ1v) is 7.69. The number of esters is 1. The third-order valence-corrected chi connectivity index (χ3v) is 3.44. The Hall–Kier alpha value is -2.86. The van der Waals surface area contributed by atoms with Gasteiger partial charge in [-0.1, -0.05) is 55.8 Å². The van der Waals surface area contributed by atoms with E-state index < -0.39 is 0 Å². The number of carbonyl (C=O) groups is 1. The molecule has 0 atom stereocenters. The van der Waals surface area contributed by atoms with Gasteiger partial charge in [0.25, 0.3) is 0 Å².